The van der Waals surface area contributed by atoms with Crippen LogP contribution in [0.1, 0.15) is 64.7 Å². The lowest BCUT2D eigenvalue weighted by atomic mass is 9.86. The van der Waals surface area contributed by atoms with E-state index >= 15 is 0 Å². The van der Waals surface area contributed by atoms with Crippen LogP contribution in [0.15, 0.2) is 24.3 Å². The molecule has 2 rings (SSSR count). The van der Waals surface area contributed by atoms with Gasteiger partial charge in [0.1, 0.15) is 0 Å². The summed E-state index contributed by atoms with van der Waals surface area (Å²) in [6.07, 6.45) is 15.9. The Balaban J connectivity index is 1.84. The molecule has 2 aliphatic rings. The van der Waals surface area contributed by atoms with Gasteiger partial charge in [0.2, 0.25) is 0 Å². The summed E-state index contributed by atoms with van der Waals surface area (Å²) in [5.74, 6) is 0.480. The number of carboxylic acids is 1. The molecule has 1 saturated carbocycles. The summed E-state index contributed by atoms with van der Waals surface area (Å²) in [6.45, 7) is 2.80. The minimum absolute atomic E-state index is 0.0817. The fourth-order valence-electron chi connectivity index (χ4n) is 4.04. The number of unbranched alkanes of at least 4 members (excludes halogenated alkanes) is 3. The van der Waals surface area contributed by atoms with Gasteiger partial charge in [-0.1, -0.05) is 50.5 Å². The van der Waals surface area contributed by atoms with Crippen molar-refractivity contribution < 1.29 is 24.8 Å². The van der Waals surface area contributed by atoms with Crippen LogP contribution in [0.4, 0.5) is 0 Å². The molecular formula is C21H34O5. The molecular weight excluding hydrogens is 332 g/mol. The van der Waals surface area contributed by atoms with Crippen molar-refractivity contribution in [2.24, 2.45) is 17.8 Å². The Morgan fingerprint density at radius 2 is 2.12 bits per heavy atom. The highest BCUT2D eigenvalue weighted by Crippen LogP contribution is 2.45. The Morgan fingerprint density at radius 3 is 2.88 bits per heavy atom. The van der Waals surface area contributed by atoms with Crippen LogP contribution < -0.4 is 0 Å². The molecule has 2 fully saturated rings. The minimum Gasteiger partial charge on any atom is -0.481 e. The van der Waals surface area contributed by atoms with Gasteiger partial charge in [-0.2, -0.15) is 0 Å². The maximum Gasteiger partial charge on any atom is 0.303 e. The maximum absolute atomic E-state index is 10.5. The van der Waals surface area contributed by atoms with Crippen LogP contribution in [0.25, 0.3) is 0 Å². The number of fused-ring (bicyclic) bond motifs is 2. The van der Waals surface area contributed by atoms with E-state index < -0.39 is 5.97 Å². The summed E-state index contributed by atoms with van der Waals surface area (Å²) >= 11 is 0. The number of carbonyl (C=O) groups is 1. The van der Waals surface area contributed by atoms with Crippen molar-refractivity contribution in [1.82, 2.24) is 0 Å². The molecule has 0 radical (unpaired) electrons. The van der Waals surface area contributed by atoms with E-state index in [0.29, 0.717) is 24.9 Å². The Labute approximate surface area is 157 Å². The standard InChI is InChI=1S/C21H34O5/c1-2-3-6-9-17(22)12-13-19-18(16-14-20(19)26-25-15-16)10-7-4-5-8-11-21(23)24/h4,7,12-13,16-20,22H,2-3,5-6,8-11,14-15H2,1H3,(H,23,24)/b7-4-,13-12+/t16?,17-,18-,19?,20+/m0/s1. The first-order valence-corrected chi connectivity index (χ1v) is 10.1. The number of aliphatic hydroxyl groups excluding tert-OH is 1. The molecule has 2 bridgehead atoms. The third kappa shape index (κ3) is 6.86. The molecule has 0 amide bonds. The van der Waals surface area contributed by atoms with Gasteiger partial charge in [-0.3, -0.25) is 4.79 Å². The second-order valence-electron chi connectivity index (χ2n) is 7.60. The van der Waals surface area contributed by atoms with E-state index in [1.165, 1.54) is 0 Å². The smallest absolute Gasteiger partial charge is 0.303 e. The summed E-state index contributed by atoms with van der Waals surface area (Å²) in [4.78, 5) is 21.3. The van der Waals surface area contributed by atoms with Crippen molar-refractivity contribution in [3.8, 4) is 0 Å². The van der Waals surface area contributed by atoms with E-state index in [4.69, 9.17) is 14.9 Å². The zero-order chi connectivity index (χ0) is 18.8. The van der Waals surface area contributed by atoms with E-state index in [1.807, 2.05) is 6.08 Å². The zero-order valence-electron chi connectivity index (χ0n) is 15.9. The number of aliphatic hydroxyl groups is 1. The molecule has 2 N–H and O–H groups in total. The normalized spacial score (nSPS) is 29.6. The van der Waals surface area contributed by atoms with Gasteiger partial charge in [-0.25, -0.2) is 9.78 Å². The molecule has 0 aromatic rings. The van der Waals surface area contributed by atoms with Crippen LogP contribution in [0, 0.1) is 17.8 Å². The summed E-state index contributed by atoms with van der Waals surface area (Å²) in [6, 6.07) is 0. The lowest BCUT2D eigenvalue weighted by Gasteiger charge is -2.19. The van der Waals surface area contributed by atoms with Gasteiger partial charge in [0.15, 0.2) is 0 Å². The van der Waals surface area contributed by atoms with Gasteiger partial charge in [-0.05, 0) is 43.9 Å². The number of rotatable bonds is 12. The maximum atomic E-state index is 10.5. The van der Waals surface area contributed by atoms with Crippen LogP contribution in [-0.4, -0.2) is 35.0 Å². The van der Waals surface area contributed by atoms with Gasteiger partial charge in [0.25, 0.3) is 0 Å². The average molecular weight is 366 g/mol. The van der Waals surface area contributed by atoms with Gasteiger partial charge >= 0.3 is 5.97 Å². The molecule has 1 saturated heterocycles. The molecule has 5 atom stereocenters. The van der Waals surface area contributed by atoms with Crippen molar-refractivity contribution in [3.05, 3.63) is 24.3 Å². The molecule has 0 aromatic carbocycles. The molecule has 1 aliphatic carbocycles. The predicted molar refractivity (Wildman–Crippen MR) is 100 cm³/mol. The Hall–Kier alpha value is -1.17. The van der Waals surface area contributed by atoms with Gasteiger partial charge in [-0.15, -0.1) is 0 Å². The second-order valence-corrected chi connectivity index (χ2v) is 7.60. The molecule has 2 unspecified atom stereocenters. The van der Waals surface area contributed by atoms with Crippen LogP contribution in [-0.2, 0) is 14.6 Å². The van der Waals surface area contributed by atoms with E-state index in [-0.39, 0.29) is 24.5 Å². The molecule has 0 aromatic heterocycles. The van der Waals surface area contributed by atoms with Crippen LogP contribution in [0.3, 0.4) is 0 Å². The van der Waals surface area contributed by atoms with Gasteiger partial charge in [0, 0.05) is 12.3 Å². The molecule has 5 nitrogen and oxygen atoms in total. The quantitative estimate of drug-likeness (QED) is 0.306. The first kappa shape index (κ1) is 21.1. The van der Waals surface area contributed by atoms with Gasteiger partial charge in [0.05, 0.1) is 18.8 Å². The van der Waals surface area contributed by atoms with E-state index in [9.17, 15) is 9.90 Å². The third-order valence-corrected chi connectivity index (χ3v) is 5.53. The highest BCUT2D eigenvalue weighted by molar-refractivity contribution is 5.66. The van der Waals surface area contributed by atoms with E-state index in [2.05, 4.69) is 25.2 Å². The predicted octanol–water partition coefficient (Wildman–Crippen LogP) is 4.27. The lowest BCUT2D eigenvalue weighted by Crippen LogP contribution is -2.21. The van der Waals surface area contributed by atoms with E-state index in [0.717, 1.165) is 44.9 Å². The number of hydrogen-bond donors (Lipinski definition) is 2. The minimum atomic E-state index is -0.736. The Bertz CT molecular complexity index is 473. The SMILES string of the molecule is CCCCC[C@H](O)/C=C/C1[C@@H](C/C=C\CCCC(=O)O)C2COO[C@@H]1C2. The Morgan fingerprint density at radius 1 is 1.27 bits per heavy atom. The van der Waals surface area contributed by atoms with Crippen molar-refractivity contribution in [3.63, 3.8) is 0 Å². The van der Waals surface area contributed by atoms with Gasteiger partial charge < -0.3 is 10.2 Å². The summed E-state index contributed by atoms with van der Waals surface area (Å²) in [7, 11) is 0. The highest BCUT2D eigenvalue weighted by atomic mass is 17.2. The van der Waals surface area contributed by atoms with Crippen LogP contribution in [0.5, 0.6) is 0 Å². The van der Waals surface area contributed by atoms with Crippen molar-refractivity contribution >= 4 is 5.97 Å². The first-order valence-electron chi connectivity index (χ1n) is 10.1. The lowest BCUT2D eigenvalue weighted by molar-refractivity contribution is -0.346. The largest absolute Gasteiger partial charge is 0.481 e. The highest BCUT2D eigenvalue weighted by Gasteiger charge is 2.45. The molecule has 0 spiro atoms. The zero-order valence-corrected chi connectivity index (χ0v) is 15.9. The second kappa shape index (κ2) is 11.5. The van der Waals surface area contributed by atoms with Crippen molar-refractivity contribution in [2.75, 3.05) is 6.61 Å². The molecule has 1 heterocycles. The summed E-state index contributed by atoms with van der Waals surface area (Å²) < 4.78 is 0. The van der Waals surface area contributed by atoms with Crippen LogP contribution in [0.2, 0.25) is 0 Å². The summed E-state index contributed by atoms with van der Waals surface area (Å²) in [5, 5.41) is 18.8. The molecule has 1 aliphatic heterocycles. The topological polar surface area (TPSA) is 76.0 Å². The number of carboxylic acid groups (broad SMARTS) is 1. The fourth-order valence-corrected chi connectivity index (χ4v) is 4.04. The Kier molecular flexibility index (Phi) is 9.37. The third-order valence-electron chi connectivity index (χ3n) is 5.53. The molecule has 148 valence electrons. The van der Waals surface area contributed by atoms with Crippen LogP contribution >= 0.6 is 0 Å². The fraction of sp³-hybridized carbons (Fsp3) is 0.762. The number of aliphatic carboxylic acids is 1. The van der Waals surface area contributed by atoms with Crippen molar-refractivity contribution in [1.29, 1.82) is 0 Å². The van der Waals surface area contributed by atoms with Crippen molar-refractivity contribution in [2.45, 2.75) is 76.9 Å². The first-order chi connectivity index (χ1) is 12.6. The monoisotopic (exact) mass is 366 g/mol. The summed E-state index contributed by atoms with van der Waals surface area (Å²) in [5.41, 5.74) is 0. The number of allylic oxidation sites excluding steroid dienone is 2. The average Bonchev–Trinajstić information content (AvgIpc) is 2.85. The number of hydrogen-bond acceptors (Lipinski definition) is 4. The molecule has 5 heteroatoms. The van der Waals surface area contributed by atoms with E-state index in [1.54, 1.807) is 0 Å². The molecule has 26 heavy (non-hydrogen) atoms.